The summed E-state index contributed by atoms with van der Waals surface area (Å²) < 4.78 is 4.38. The fourth-order valence-electron chi connectivity index (χ4n) is 1.10. The molecule has 0 heterocycles. The Balaban J connectivity index is 2.76. The first-order valence-corrected chi connectivity index (χ1v) is 3.55. The van der Waals surface area contributed by atoms with Gasteiger partial charge < -0.3 is 4.74 Å². The molecule has 0 unspecified atom stereocenters. The van der Waals surface area contributed by atoms with Gasteiger partial charge in [0.2, 0.25) is 0 Å². The van der Waals surface area contributed by atoms with Crippen LogP contribution in [0.15, 0.2) is 23.3 Å². The number of esters is 1. The molecule has 0 aliphatic heterocycles. The monoisotopic (exact) mass is 151 g/mol. The molecule has 1 aliphatic rings. The number of carbonyl (C=O) groups excluding carboxylic acids is 1. The highest BCUT2D eigenvalue weighted by Crippen LogP contribution is 2.19. The van der Waals surface area contributed by atoms with E-state index in [0.29, 0.717) is 6.42 Å². The van der Waals surface area contributed by atoms with Gasteiger partial charge in [0.15, 0.2) is 0 Å². The van der Waals surface area contributed by atoms with Gasteiger partial charge in [-0.15, -0.1) is 0 Å². The van der Waals surface area contributed by atoms with Crippen molar-refractivity contribution in [2.75, 3.05) is 0 Å². The SMILES string of the molecule is [CH2]OC(=O)C1=C(C)CC=CC1. The van der Waals surface area contributed by atoms with Crippen molar-refractivity contribution in [1.29, 1.82) is 0 Å². The lowest BCUT2D eigenvalue weighted by Gasteiger charge is -2.10. The fourth-order valence-corrected chi connectivity index (χ4v) is 1.10. The Bertz CT molecular complexity index is 224. The van der Waals surface area contributed by atoms with Crippen molar-refractivity contribution in [3.63, 3.8) is 0 Å². The number of ether oxygens (including phenoxy) is 1. The number of hydrogen-bond donors (Lipinski definition) is 0. The molecule has 1 aliphatic carbocycles. The molecule has 0 saturated heterocycles. The Kier molecular flexibility index (Phi) is 2.47. The van der Waals surface area contributed by atoms with Gasteiger partial charge in [0.25, 0.3) is 0 Å². The maximum atomic E-state index is 11.0. The molecule has 1 radical (unpaired) electrons. The maximum absolute atomic E-state index is 11.0. The summed E-state index contributed by atoms with van der Waals surface area (Å²) in [6.45, 7) is 1.94. The zero-order valence-corrected chi connectivity index (χ0v) is 6.59. The molecule has 0 aromatic rings. The summed E-state index contributed by atoms with van der Waals surface area (Å²) in [5.41, 5.74) is 1.84. The van der Waals surface area contributed by atoms with Gasteiger partial charge in [0.05, 0.1) is 0 Å². The lowest BCUT2D eigenvalue weighted by Crippen LogP contribution is -2.07. The molecule has 2 heteroatoms. The molecule has 0 saturated carbocycles. The Morgan fingerprint density at radius 1 is 1.55 bits per heavy atom. The van der Waals surface area contributed by atoms with E-state index in [1.165, 1.54) is 0 Å². The number of hydrogen-bond acceptors (Lipinski definition) is 2. The summed E-state index contributed by atoms with van der Waals surface area (Å²) in [4.78, 5) is 11.0. The van der Waals surface area contributed by atoms with Crippen molar-refractivity contribution in [3.8, 4) is 0 Å². The first-order valence-electron chi connectivity index (χ1n) is 3.55. The van der Waals surface area contributed by atoms with Gasteiger partial charge in [-0.1, -0.05) is 17.7 Å². The van der Waals surface area contributed by atoms with Crippen molar-refractivity contribution in [3.05, 3.63) is 30.4 Å². The van der Waals surface area contributed by atoms with Gasteiger partial charge in [0, 0.05) is 5.57 Å². The molecule has 0 spiro atoms. The van der Waals surface area contributed by atoms with E-state index in [-0.39, 0.29) is 5.97 Å². The Hall–Kier alpha value is -1.05. The average molecular weight is 151 g/mol. The summed E-state index contributed by atoms with van der Waals surface area (Å²) >= 11 is 0. The normalized spacial score (nSPS) is 16.9. The van der Waals surface area contributed by atoms with Crippen molar-refractivity contribution in [2.24, 2.45) is 0 Å². The molecule has 0 fully saturated rings. The second-order valence-corrected chi connectivity index (χ2v) is 2.57. The van der Waals surface area contributed by atoms with Gasteiger partial charge in [-0.25, -0.2) is 4.79 Å². The third-order valence-electron chi connectivity index (χ3n) is 1.81. The summed E-state index contributed by atoms with van der Waals surface area (Å²) in [6.07, 6.45) is 5.55. The van der Waals surface area contributed by atoms with Gasteiger partial charge >= 0.3 is 5.97 Å². The van der Waals surface area contributed by atoms with Gasteiger partial charge in [0.1, 0.15) is 7.11 Å². The van der Waals surface area contributed by atoms with Crippen LogP contribution < -0.4 is 0 Å². The van der Waals surface area contributed by atoms with Crippen LogP contribution in [-0.4, -0.2) is 5.97 Å². The van der Waals surface area contributed by atoms with Crippen LogP contribution in [0.25, 0.3) is 0 Å². The predicted molar refractivity (Wildman–Crippen MR) is 42.5 cm³/mol. The standard InChI is InChI=1S/C9H11O2/c1-7-5-3-4-6-8(7)9(10)11-2/h3-4H,2,5-6H2,1H3. The van der Waals surface area contributed by atoms with Crippen LogP contribution in [-0.2, 0) is 9.53 Å². The van der Waals surface area contributed by atoms with Crippen LogP contribution in [0.2, 0.25) is 0 Å². The number of carbonyl (C=O) groups is 1. The van der Waals surface area contributed by atoms with Gasteiger partial charge in [-0.3, -0.25) is 0 Å². The van der Waals surface area contributed by atoms with E-state index in [1.807, 2.05) is 13.0 Å². The highest BCUT2D eigenvalue weighted by molar-refractivity contribution is 5.90. The van der Waals surface area contributed by atoms with Crippen LogP contribution in [0.3, 0.4) is 0 Å². The van der Waals surface area contributed by atoms with E-state index < -0.39 is 0 Å². The van der Waals surface area contributed by atoms with E-state index in [1.54, 1.807) is 0 Å². The molecular weight excluding hydrogens is 140 g/mol. The molecule has 0 N–H and O–H groups in total. The lowest BCUT2D eigenvalue weighted by atomic mass is 9.99. The Morgan fingerprint density at radius 3 is 2.73 bits per heavy atom. The average Bonchev–Trinajstić information content (AvgIpc) is 2.04. The second-order valence-electron chi connectivity index (χ2n) is 2.57. The van der Waals surface area contributed by atoms with Crippen LogP contribution in [0, 0.1) is 7.11 Å². The molecule has 59 valence electrons. The first kappa shape index (κ1) is 8.05. The van der Waals surface area contributed by atoms with Gasteiger partial charge in [-0.05, 0) is 19.8 Å². The molecule has 0 atom stereocenters. The van der Waals surface area contributed by atoms with Crippen LogP contribution in [0.1, 0.15) is 19.8 Å². The quantitative estimate of drug-likeness (QED) is 0.423. The minimum Gasteiger partial charge on any atom is -0.459 e. The largest absolute Gasteiger partial charge is 0.459 e. The zero-order valence-electron chi connectivity index (χ0n) is 6.59. The molecule has 2 nitrogen and oxygen atoms in total. The molecule has 11 heavy (non-hydrogen) atoms. The fraction of sp³-hybridized carbons (Fsp3) is 0.333. The molecule has 0 bridgehead atoms. The minimum absolute atomic E-state index is 0.299. The van der Waals surface area contributed by atoms with Crippen LogP contribution >= 0.6 is 0 Å². The van der Waals surface area contributed by atoms with Crippen LogP contribution in [0.5, 0.6) is 0 Å². The minimum atomic E-state index is -0.299. The zero-order chi connectivity index (χ0) is 8.27. The Labute approximate surface area is 66.5 Å². The summed E-state index contributed by atoms with van der Waals surface area (Å²) in [6, 6.07) is 0. The third kappa shape index (κ3) is 1.70. The van der Waals surface area contributed by atoms with Crippen molar-refractivity contribution in [2.45, 2.75) is 19.8 Å². The van der Waals surface area contributed by atoms with E-state index in [0.717, 1.165) is 17.6 Å². The second kappa shape index (κ2) is 3.37. The van der Waals surface area contributed by atoms with E-state index in [4.69, 9.17) is 0 Å². The topological polar surface area (TPSA) is 26.3 Å². The molecular formula is C9H11O2. The molecule has 0 amide bonds. The number of rotatable bonds is 1. The van der Waals surface area contributed by atoms with Crippen molar-refractivity contribution >= 4 is 5.97 Å². The lowest BCUT2D eigenvalue weighted by molar-refractivity contribution is -0.134. The van der Waals surface area contributed by atoms with Crippen molar-refractivity contribution < 1.29 is 9.53 Å². The predicted octanol–water partition coefficient (Wildman–Crippen LogP) is 1.99. The molecule has 0 aromatic carbocycles. The van der Waals surface area contributed by atoms with E-state index in [2.05, 4.69) is 17.9 Å². The third-order valence-corrected chi connectivity index (χ3v) is 1.81. The molecule has 1 rings (SSSR count). The smallest absolute Gasteiger partial charge is 0.334 e. The van der Waals surface area contributed by atoms with Gasteiger partial charge in [-0.2, -0.15) is 0 Å². The summed E-state index contributed by atoms with van der Waals surface area (Å²) in [5, 5.41) is 0. The Morgan fingerprint density at radius 2 is 2.18 bits per heavy atom. The maximum Gasteiger partial charge on any atom is 0.334 e. The number of allylic oxidation sites excluding steroid dienone is 3. The highest BCUT2D eigenvalue weighted by Gasteiger charge is 2.13. The summed E-state index contributed by atoms with van der Waals surface area (Å²) in [7, 11) is 3.09. The van der Waals surface area contributed by atoms with E-state index >= 15 is 0 Å². The van der Waals surface area contributed by atoms with Crippen LogP contribution in [0.4, 0.5) is 0 Å². The molecule has 0 aromatic heterocycles. The first-order chi connectivity index (χ1) is 5.25. The van der Waals surface area contributed by atoms with Crippen molar-refractivity contribution in [1.82, 2.24) is 0 Å². The van der Waals surface area contributed by atoms with E-state index in [9.17, 15) is 4.79 Å². The summed E-state index contributed by atoms with van der Waals surface area (Å²) in [5.74, 6) is -0.299. The highest BCUT2D eigenvalue weighted by atomic mass is 16.5.